The van der Waals surface area contributed by atoms with E-state index in [1.165, 1.54) is 24.5 Å². The Balaban J connectivity index is 1.36. The first-order valence-electron chi connectivity index (χ1n) is 10.6. The van der Waals surface area contributed by atoms with Crippen molar-refractivity contribution in [1.82, 2.24) is 9.38 Å². The summed E-state index contributed by atoms with van der Waals surface area (Å²) < 4.78 is 21.7. The Hall–Kier alpha value is -2.40. The Morgan fingerprint density at radius 1 is 1.03 bits per heavy atom. The summed E-state index contributed by atoms with van der Waals surface area (Å²) in [6, 6.07) is 9.43. The summed E-state index contributed by atoms with van der Waals surface area (Å²) in [7, 11) is 1.55. The molecule has 2 aromatic heterocycles. The number of fused-ring (bicyclic) bond motifs is 1. The predicted octanol–water partition coefficient (Wildman–Crippen LogP) is 5.37. The normalized spacial score (nSPS) is 23.3. The van der Waals surface area contributed by atoms with Crippen molar-refractivity contribution in [2.24, 2.45) is 5.92 Å². The van der Waals surface area contributed by atoms with Crippen molar-refractivity contribution in [1.29, 1.82) is 0 Å². The Morgan fingerprint density at radius 3 is 2.41 bits per heavy atom. The summed E-state index contributed by atoms with van der Waals surface area (Å²) in [6.07, 6.45) is 9.12. The van der Waals surface area contributed by atoms with E-state index in [1.54, 1.807) is 7.11 Å². The molecule has 152 valence electrons. The minimum Gasteiger partial charge on any atom is -0.497 e. The molecule has 5 heteroatoms. The summed E-state index contributed by atoms with van der Waals surface area (Å²) in [4.78, 5) is 4.29. The van der Waals surface area contributed by atoms with Crippen LogP contribution >= 0.6 is 0 Å². The van der Waals surface area contributed by atoms with E-state index in [9.17, 15) is 9.50 Å². The minimum absolute atomic E-state index is 0.187. The van der Waals surface area contributed by atoms with Gasteiger partial charge in [0.25, 0.3) is 0 Å². The second-order valence-electron chi connectivity index (χ2n) is 8.58. The SMILES string of the molecule is COc1ccc(C2CCC([C@@H](O)c3c(C4CC4)ccc4cncn34)CC2)c(F)c1. The van der Waals surface area contributed by atoms with Crippen molar-refractivity contribution in [3.8, 4) is 5.75 Å². The zero-order valence-corrected chi connectivity index (χ0v) is 16.7. The van der Waals surface area contributed by atoms with Crippen LogP contribution in [0.25, 0.3) is 5.52 Å². The Kier molecular flexibility index (Phi) is 4.78. The van der Waals surface area contributed by atoms with E-state index in [2.05, 4.69) is 21.5 Å². The third-order valence-corrected chi connectivity index (χ3v) is 6.82. The van der Waals surface area contributed by atoms with Gasteiger partial charge in [-0.25, -0.2) is 9.37 Å². The molecule has 0 radical (unpaired) electrons. The van der Waals surface area contributed by atoms with Gasteiger partial charge in [-0.15, -0.1) is 0 Å². The van der Waals surface area contributed by atoms with E-state index in [4.69, 9.17) is 4.74 Å². The molecular weight excluding hydrogens is 367 g/mol. The number of aliphatic hydroxyl groups excluding tert-OH is 1. The molecule has 0 spiro atoms. The molecule has 0 unspecified atom stereocenters. The molecule has 3 aromatic rings. The van der Waals surface area contributed by atoms with E-state index in [1.807, 2.05) is 24.7 Å². The number of aromatic nitrogens is 2. The van der Waals surface area contributed by atoms with E-state index in [0.717, 1.165) is 42.5 Å². The van der Waals surface area contributed by atoms with Crippen molar-refractivity contribution in [3.05, 3.63) is 65.5 Å². The summed E-state index contributed by atoms with van der Waals surface area (Å²) in [5.74, 6) is 1.33. The average Bonchev–Trinajstić information content (AvgIpc) is 3.49. The van der Waals surface area contributed by atoms with Crippen molar-refractivity contribution in [2.45, 2.75) is 56.5 Å². The molecule has 4 nitrogen and oxygen atoms in total. The first kappa shape index (κ1) is 18.6. The lowest BCUT2D eigenvalue weighted by atomic mass is 9.75. The average molecular weight is 394 g/mol. The first-order chi connectivity index (χ1) is 14.2. The highest BCUT2D eigenvalue weighted by Gasteiger charge is 2.34. The maximum absolute atomic E-state index is 14.5. The molecule has 1 aromatic carbocycles. The van der Waals surface area contributed by atoms with Gasteiger partial charge in [-0.1, -0.05) is 12.1 Å². The molecule has 2 aliphatic carbocycles. The molecule has 2 heterocycles. The van der Waals surface area contributed by atoms with E-state index in [-0.39, 0.29) is 17.7 Å². The van der Waals surface area contributed by atoms with Crippen molar-refractivity contribution in [3.63, 3.8) is 0 Å². The van der Waals surface area contributed by atoms with Crippen LogP contribution < -0.4 is 4.74 Å². The molecule has 1 N–H and O–H groups in total. The number of benzene rings is 1. The van der Waals surface area contributed by atoms with Gasteiger partial charge in [0.2, 0.25) is 0 Å². The van der Waals surface area contributed by atoms with Gasteiger partial charge in [-0.2, -0.15) is 0 Å². The van der Waals surface area contributed by atoms with Gasteiger partial charge in [-0.3, -0.25) is 0 Å². The molecule has 0 bridgehead atoms. The fourth-order valence-electron chi connectivity index (χ4n) is 5.02. The fraction of sp³-hybridized carbons (Fsp3) is 0.458. The number of aliphatic hydroxyl groups is 1. The Labute approximate surface area is 170 Å². The van der Waals surface area contributed by atoms with Crippen LogP contribution in [0.4, 0.5) is 4.39 Å². The largest absolute Gasteiger partial charge is 0.497 e. The van der Waals surface area contributed by atoms with Gasteiger partial charge in [0, 0.05) is 6.07 Å². The van der Waals surface area contributed by atoms with Crippen LogP contribution in [-0.2, 0) is 0 Å². The topological polar surface area (TPSA) is 46.8 Å². The Morgan fingerprint density at radius 2 is 1.72 bits per heavy atom. The number of rotatable bonds is 5. The van der Waals surface area contributed by atoms with Crippen LogP contribution in [0.5, 0.6) is 5.75 Å². The molecular formula is C24H27FN2O2. The highest BCUT2D eigenvalue weighted by Crippen LogP contribution is 2.47. The minimum atomic E-state index is -0.509. The number of nitrogens with zero attached hydrogens (tertiary/aromatic N) is 2. The van der Waals surface area contributed by atoms with Crippen LogP contribution in [0.1, 0.15) is 73.3 Å². The van der Waals surface area contributed by atoms with Crippen LogP contribution in [0.3, 0.4) is 0 Å². The second kappa shape index (κ2) is 7.45. The van der Waals surface area contributed by atoms with Gasteiger partial charge >= 0.3 is 0 Å². The maximum Gasteiger partial charge on any atom is 0.130 e. The maximum atomic E-state index is 14.5. The van der Waals surface area contributed by atoms with Gasteiger partial charge < -0.3 is 14.2 Å². The number of imidazole rings is 1. The summed E-state index contributed by atoms with van der Waals surface area (Å²) >= 11 is 0. The third-order valence-electron chi connectivity index (χ3n) is 6.82. The van der Waals surface area contributed by atoms with Gasteiger partial charge in [0.05, 0.1) is 36.9 Å². The quantitative estimate of drug-likeness (QED) is 0.633. The summed E-state index contributed by atoms with van der Waals surface area (Å²) in [5.41, 5.74) is 4.08. The number of methoxy groups -OCH3 is 1. The lowest BCUT2D eigenvalue weighted by Gasteiger charge is -2.33. The Bertz CT molecular complexity index is 1020. The molecule has 2 saturated carbocycles. The highest BCUT2D eigenvalue weighted by atomic mass is 19.1. The smallest absolute Gasteiger partial charge is 0.130 e. The number of hydrogen-bond donors (Lipinski definition) is 1. The molecule has 29 heavy (non-hydrogen) atoms. The lowest BCUT2D eigenvalue weighted by Crippen LogP contribution is -2.22. The zero-order chi connectivity index (χ0) is 20.0. The monoisotopic (exact) mass is 394 g/mol. The highest BCUT2D eigenvalue weighted by molar-refractivity contribution is 5.50. The molecule has 2 aliphatic rings. The molecule has 0 aliphatic heterocycles. The van der Waals surface area contributed by atoms with E-state index < -0.39 is 6.10 Å². The number of hydrogen-bond acceptors (Lipinski definition) is 3. The second-order valence-corrected chi connectivity index (χ2v) is 8.58. The standard InChI is InChI=1S/C24H27FN2O2/c1-29-19-9-11-20(22(25)12-19)15-4-6-17(7-5-15)24(28)23-21(16-2-3-16)10-8-18-13-26-14-27(18)23/h8-17,24,28H,2-7H2,1H3/t15?,17?,24-/m1/s1. The van der Waals surface area contributed by atoms with Crippen LogP contribution in [0.2, 0.25) is 0 Å². The zero-order valence-electron chi connectivity index (χ0n) is 16.7. The third kappa shape index (κ3) is 3.42. The molecule has 0 saturated heterocycles. The number of pyridine rings is 1. The first-order valence-corrected chi connectivity index (χ1v) is 10.6. The van der Waals surface area contributed by atoms with Gasteiger partial charge in [-0.05, 0) is 79.5 Å². The molecule has 1 atom stereocenters. The predicted molar refractivity (Wildman–Crippen MR) is 110 cm³/mol. The van der Waals surface area contributed by atoms with Crippen LogP contribution in [0, 0.1) is 11.7 Å². The van der Waals surface area contributed by atoms with Crippen molar-refractivity contribution >= 4 is 5.52 Å². The van der Waals surface area contributed by atoms with E-state index in [0.29, 0.717) is 11.7 Å². The summed E-state index contributed by atoms with van der Waals surface area (Å²) in [5, 5.41) is 11.4. The molecule has 5 rings (SSSR count). The van der Waals surface area contributed by atoms with Gasteiger partial charge in [0.15, 0.2) is 0 Å². The lowest BCUT2D eigenvalue weighted by molar-refractivity contribution is 0.0752. The summed E-state index contributed by atoms with van der Waals surface area (Å²) in [6.45, 7) is 0. The number of halogens is 1. The van der Waals surface area contributed by atoms with Crippen molar-refractivity contribution < 1.29 is 14.2 Å². The number of ether oxygens (including phenoxy) is 1. The van der Waals surface area contributed by atoms with Crippen LogP contribution in [0.15, 0.2) is 42.9 Å². The van der Waals surface area contributed by atoms with E-state index >= 15 is 0 Å². The van der Waals surface area contributed by atoms with Gasteiger partial charge in [0.1, 0.15) is 11.6 Å². The fourth-order valence-corrected chi connectivity index (χ4v) is 5.02. The van der Waals surface area contributed by atoms with Crippen molar-refractivity contribution in [2.75, 3.05) is 7.11 Å². The van der Waals surface area contributed by atoms with Crippen LogP contribution in [-0.4, -0.2) is 21.6 Å². The molecule has 2 fully saturated rings. The molecule has 0 amide bonds.